The highest BCUT2D eigenvalue weighted by molar-refractivity contribution is 6.99. The van der Waals surface area contributed by atoms with Crippen molar-refractivity contribution in [3.8, 4) is 0 Å². The maximum atomic E-state index is 12.3. The Morgan fingerprint density at radius 2 is 1.30 bits per heavy atom. The molecule has 9 heteroatoms. The fourth-order valence-corrected chi connectivity index (χ4v) is 14.2. The van der Waals surface area contributed by atoms with Gasteiger partial charge in [-0.2, -0.15) is 0 Å². The molecule has 7 nitrogen and oxygen atoms in total. The summed E-state index contributed by atoms with van der Waals surface area (Å²) in [5.74, 6) is -1.25. The minimum Gasteiger partial charge on any atom is -0.413 e. The minimum absolute atomic E-state index is 0.00250. The fraction of sp³-hybridized carbons (Fsp3) is 0.578. The number of hydrogen-bond donors (Lipinski definition) is 0. The van der Waals surface area contributed by atoms with Crippen LogP contribution in [0.25, 0.3) is 0 Å². The highest BCUT2D eigenvalue weighted by atomic mass is 28.4. The van der Waals surface area contributed by atoms with Gasteiger partial charge >= 0.3 is 0 Å². The number of aldehydes is 1. The van der Waals surface area contributed by atoms with Crippen molar-refractivity contribution < 1.29 is 32.6 Å². The maximum absolute atomic E-state index is 12.3. The Balaban J connectivity index is 1.51. The van der Waals surface area contributed by atoms with Gasteiger partial charge in [-0.05, 0) is 45.5 Å². The third-order valence-electron chi connectivity index (χ3n) is 11.9. The SMILES string of the molecule is CO[C@H]1C[C@@H](C[C@H](O[Si](C)(C)C(C)(C)C)[C@@H](C)C=O)O[C@@]2(C1)C[C@@H](O[Si](c1ccccc1)(c1ccccc1)C(C)(C)C)C[C@H](COCc1ccccc1)O2. The molecule has 1 spiro atoms. The van der Waals surface area contributed by atoms with Gasteiger partial charge in [-0.3, -0.25) is 0 Å². The van der Waals surface area contributed by atoms with E-state index in [1.165, 1.54) is 10.4 Å². The zero-order chi connectivity index (χ0) is 39.2. The van der Waals surface area contributed by atoms with Gasteiger partial charge in [0.2, 0.25) is 0 Å². The number of hydrogen-bond acceptors (Lipinski definition) is 7. The molecule has 54 heavy (non-hydrogen) atoms. The molecule has 2 fully saturated rings. The molecular weight excluding hydrogens is 709 g/mol. The summed E-state index contributed by atoms with van der Waals surface area (Å²) < 4.78 is 41.6. The van der Waals surface area contributed by atoms with Crippen LogP contribution in [0.1, 0.15) is 86.1 Å². The van der Waals surface area contributed by atoms with Gasteiger partial charge in [0.05, 0.1) is 43.7 Å². The lowest BCUT2D eigenvalue weighted by atomic mass is 9.87. The Labute approximate surface area is 327 Å². The zero-order valence-corrected chi connectivity index (χ0v) is 36.5. The Morgan fingerprint density at radius 1 is 0.778 bits per heavy atom. The van der Waals surface area contributed by atoms with Crippen LogP contribution in [0, 0.1) is 5.92 Å². The van der Waals surface area contributed by atoms with E-state index in [0.717, 1.165) is 11.8 Å². The van der Waals surface area contributed by atoms with E-state index in [0.29, 0.717) is 45.3 Å². The zero-order valence-electron chi connectivity index (χ0n) is 34.5. The molecule has 0 aliphatic carbocycles. The van der Waals surface area contributed by atoms with Crippen molar-refractivity contribution in [2.24, 2.45) is 5.92 Å². The van der Waals surface area contributed by atoms with E-state index in [1.54, 1.807) is 7.11 Å². The average Bonchev–Trinajstić information content (AvgIpc) is 3.13. The number of rotatable bonds is 15. The van der Waals surface area contributed by atoms with E-state index >= 15 is 0 Å². The summed E-state index contributed by atoms with van der Waals surface area (Å²) in [6.07, 6.45) is 3.04. The van der Waals surface area contributed by atoms with Crippen molar-refractivity contribution in [1.82, 2.24) is 0 Å². The molecule has 0 radical (unpaired) electrons. The first-order valence-corrected chi connectivity index (χ1v) is 24.7. The topological polar surface area (TPSA) is 72.5 Å². The summed E-state index contributed by atoms with van der Waals surface area (Å²) in [6.45, 7) is 21.0. The van der Waals surface area contributed by atoms with Gasteiger partial charge in [0.25, 0.3) is 8.32 Å². The van der Waals surface area contributed by atoms with Gasteiger partial charge in [-0.1, -0.05) is 139 Å². The van der Waals surface area contributed by atoms with Crippen molar-refractivity contribution in [1.29, 1.82) is 0 Å². The molecule has 3 aromatic rings. The van der Waals surface area contributed by atoms with E-state index in [9.17, 15) is 4.79 Å². The molecule has 0 amide bonds. The summed E-state index contributed by atoms with van der Waals surface area (Å²) in [6, 6.07) is 31.9. The highest BCUT2D eigenvalue weighted by Gasteiger charge is 2.56. The third kappa shape index (κ3) is 10.1. The first-order chi connectivity index (χ1) is 25.5. The molecule has 3 aromatic carbocycles. The lowest BCUT2D eigenvalue weighted by Crippen LogP contribution is -2.69. The number of benzene rings is 3. The van der Waals surface area contributed by atoms with E-state index in [1.807, 2.05) is 25.1 Å². The van der Waals surface area contributed by atoms with Crippen molar-refractivity contribution in [3.05, 3.63) is 96.6 Å². The van der Waals surface area contributed by atoms with Crippen LogP contribution in [0.5, 0.6) is 0 Å². The lowest BCUT2D eigenvalue weighted by Gasteiger charge is -2.53. The second-order valence-electron chi connectivity index (χ2n) is 18.2. The molecule has 2 aliphatic rings. The lowest BCUT2D eigenvalue weighted by molar-refractivity contribution is -0.344. The van der Waals surface area contributed by atoms with E-state index in [2.05, 4.69) is 127 Å². The average molecular weight is 775 g/mol. The minimum atomic E-state index is -2.90. The largest absolute Gasteiger partial charge is 0.413 e. The summed E-state index contributed by atoms with van der Waals surface area (Å²) >= 11 is 0. The molecule has 2 heterocycles. The van der Waals surface area contributed by atoms with Gasteiger partial charge < -0.3 is 32.6 Å². The van der Waals surface area contributed by atoms with Crippen LogP contribution in [0.2, 0.25) is 23.2 Å². The second-order valence-corrected chi connectivity index (χ2v) is 27.2. The van der Waals surface area contributed by atoms with Gasteiger partial charge in [0.1, 0.15) is 6.29 Å². The predicted octanol–water partition coefficient (Wildman–Crippen LogP) is 8.83. The molecule has 0 bridgehead atoms. The number of carbonyl (C=O) groups is 1. The summed E-state index contributed by atoms with van der Waals surface area (Å²) in [4.78, 5) is 12.3. The molecule has 2 saturated heterocycles. The first kappa shape index (κ1) is 42.7. The van der Waals surface area contributed by atoms with Crippen molar-refractivity contribution in [2.45, 2.75) is 147 Å². The van der Waals surface area contributed by atoms with Gasteiger partial charge in [0, 0.05) is 38.7 Å². The Hall–Kier alpha value is -2.48. The molecule has 7 atom stereocenters. The van der Waals surface area contributed by atoms with Crippen molar-refractivity contribution in [3.63, 3.8) is 0 Å². The van der Waals surface area contributed by atoms with Gasteiger partial charge in [-0.15, -0.1) is 0 Å². The van der Waals surface area contributed by atoms with Crippen LogP contribution < -0.4 is 10.4 Å². The maximum Gasteiger partial charge on any atom is 0.261 e. The summed E-state index contributed by atoms with van der Waals surface area (Å²) in [7, 11) is -3.31. The van der Waals surface area contributed by atoms with Crippen LogP contribution in [0.4, 0.5) is 0 Å². The van der Waals surface area contributed by atoms with Crippen LogP contribution in [-0.2, 0) is 39.2 Å². The van der Waals surface area contributed by atoms with Crippen LogP contribution in [0.3, 0.4) is 0 Å². The summed E-state index contributed by atoms with van der Waals surface area (Å²) in [5, 5.41) is 2.30. The molecule has 0 N–H and O–H groups in total. The van der Waals surface area contributed by atoms with Crippen LogP contribution in [0.15, 0.2) is 91.0 Å². The third-order valence-corrected chi connectivity index (χ3v) is 21.5. The Morgan fingerprint density at radius 3 is 1.81 bits per heavy atom. The van der Waals surface area contributed by atoms with Crippen LogP contribution >= 0.6 is 0 Å². The standard InChI is InChI=1S/C45H66O7Si2/c1-34(31-46)42(52-53(9,10)43(2,3)4)28-36-26-37(47-8)29-45(49-36)30-38(27-39(50-45)33-48-32-35-20-14-11-15-21-35)51-54(44(5,6)7,40-22-16-12-17-23-40)41-24-18-13-19-25-41/h11-25,31,34,36-39,42H,26-30,32-33H2,1-10H3/t34-,36-,37-,38-,39+,42-,45+/m0/s1. The van der Waals surface area contributed by atoms with Crippen molar-refractivity contribution >= 4 is 33.3 Å². The molecule has 0 aromatic heterocycles. The van der Waals surface area contributed by atoms with Crippen LogP contribution in [-0.4, -0.2) is 72.9 Å². The highest BCUT2D eigenvalue weighted by Crippen LogP contribution is 2.46. The normalized spacial score (nSPS) is 25.3. The number of carbonyl (C=O) groups excluding carboxylic acids is 1. The van der Waals surface area contributed by atoms with E-state index in [4.69, 9.17) is 27.8 Å². The molecule has 0 saturated carbocycles. The molecule has 5 rings (SSSR count). The molecule has 296 valence electrons. The number of ether oxygens (including phenoxy) is 4. The van der Waals surface area contributed by atoms with Gasteiger partial charge in [0.15, 0.2) is 14.1 Å². The fourth-order valence-electron chi connectivity index (χ4n) is 8.07. The van der Waals surface area contributed by atoms with Crippen molar-refractivity contribution in [2.75, 3.05) is 13.7 Å². The monoisotopic (exact) mass is 774 g/mol. The second kappa shape index (κ2) is 17.8. The predicted molar refractivity (Wildman–Crippen MR) is 222 cm³/mol. The first-order valence-electron chi connectivity index (χ1n) is 19.9. The quantitative estimate of drug-likeness (QED) is 0.113. The Bertz CT molecular complexity index is 1550. The molecule has 2 aliphatic heterocycles. The van der Waals surface area contributed by atoms with E-state index < -0.39 is 22.4 Å². The molecular formula is C45H66O7Si2. The van der Waals surface area contributed by atoms with Gasteiger partial charge in [-0.25, -0.2) is 0 Å². The Kier molecular flexibility index (Phi) is 14.0. The number of methoxy groups -OCH3 is 1. The van der Waals surface area contributed by atoms with E-state index in [-0.39, 0.29) is 46.5 Å². The summed E-state index contributed by atoms with van der Waals surface area (Å²) in [5.41, 5.74) is 1.12. The molecule has 0 unspecified atom stereocenters. The smallest absolute Gasteiger partial charge is 0.261 e.